The first-order valence-corrected chi connectivity index (χ1v) is 6.58. The molecule has 1 N–H and O–H groups in total. The zero-order valence-electron chi connectivity index (χ0n) is 10.8. The fourth-order valence-corrected chi connectivity index (χ4v) is 2.98. The molecule has 1 unspecified atom stereocenters. The number of carbonyl (C=O) groups excluding carboxylic acids is 1. The molecule has 1 aliphatic carbocycles. The Hall–Kier alpha value is -1.84. The fraction of sp³-hybridized carbons (Fsp3) is 0.400. The van der Waals surface area contributed by atoms with Gasteiger partial charge in [0.05, 0.1) is 13.0 Å². The maximum atomic E-state index is 13.4. The largest absolute Gasteiger partial charge is 0.469 e. The summed E-state index contributed by atoms with van der Waals surface area (Å²) >= 11 is 0. The highest BCUT2D eigenvalue weighted by molar-refractivity contribution is 5.88. The Labute approximate surface area is 110 Å². The molecule has 1 aliphatic rings. The van der Waals surface area contributed by atoms with Crippen LogP contribution in [0.2, 0.25) is 0 Å². The second-order valence-corrected chi connectivity index (χ2v) is 5.03. The van der Waals surface area contributed by atoms with E-state index in [-0.39, 0.29) is 17.7 Å². The number of aromatic nitrogens is 1. The summed E-state index contributed by atoms with van der Waals surface area (Å²) in [7, 11) is 1.41. The number of esters is 1. The predicted molar refractivity (Wildman–Crippen MR) is 70.6 cm³/mol. The first kappa shape index (κ1) is 12.2. The van der Waals surface area contributed by atoms with Gasteiger partial charge < -0.3 is 9.72 Å². The topological polar surface area (TPSA) is 42.1 Å². The monoisotopic (exact) mass is 261 g/mol. The lowest BCUT2D eigenvalue weighted by molar-refractivity contribution is -0.142. The molecule has 2 aromatic rings. The maximum Gasteiger partial charge on any atom is 0.314 e. The van der Waals surface area contributed by atoms with Crippen molar-refractivity contribution >= 4 is 16.9 Å². The van der Waals surface area contributed by atoms with Crippen molar-refractivity contribution in [2.24, 2.45) is 0 Å². The number of hydrogen-bond acceptors (Lipinski definition) is 2. The molecule has 19 heavy (non-hydrogen) atoms. The number of H-pyrrole nitrogens is 1. The van der Waals surface area contributed by atoms with Crippen LogP contribution in [-0.4, -0.2) is 18.1 Å². The van der Waals surface area contributed by atoms with Crippen LogP contribution in [-0.2, 0) is 16.0 Å². The number of aromatic amines is 1. The van der Waals surface area contributed by atoms with Gasteiger partial charge in [0, 0.05) is 16.6 Å². The number of aryl methyl sites for hydroxylation is 1. The molecule has 1 heterocycles. The van der Waals surface area contributed by atoms with Crippen molar-refractivity contribution in [2.75, 3.05) is 7.11 Å². The Kier molecular flexibility index (Phi) is 3.01. The highest BCUT2D eigenvalue weighted by Gasteiger charge is 2.28. The van der Waals surface area contributed by atoms with E-state index in [1.54, 1.807) is 12.1 Å². The van der Waals surface area contributed by atoms with Crippen molar-refractivity contribution in [3.63, 3.8) is 0 Å². The van der Waals surface area contributed by atoms with Gasteiger partial charge in [-0.3, -0.25) is 4.79 Å². The van der Waals surface area contributed by atoms with Gasteiger partial charge in [-0.1, -0.05) is 6.42 Å². The van der Waals surface area contributed by atoms with Crippen LogP contribution in [0.1, 0.15) is 36.4 Å². The minimum absolute atomic E-state index is 0.213. The quantitative estimate of drug-likeness (QED) is 0.632. The second kappa shape index (κ2) is 4.68. The lowest BCUT2D eigenvalue weighted by atomic mass is 9.98. The Morgan fingerprint density at radius 1 is 1.42 bits per heavy atom. The van der Waals surface area contributed by atoms with Gasteiger partial charge in [0.15, 0.2) is 0 Å². The van der Waals surface area contributed by atoms with Crippen LogP contribution in [0.15, 0.2) is 18.2 Å². The Morgan fingerprint density at radius 3 is 3.05 bits per heavy atom. The Bertz CT molecular complexity index is 632. The SMILES string of the molecule is COC(=O)C1CCCCc2c1[nH]c1ccc(F)cc21. The molecule has 1 aromatic carbocycles. The Balaban J connectivity index is 2.19. The number of ether oxygens (including phenoxy) is 1. The molecule has 4 heteroatoms. The summed E-state index contributed by atoms with van der Waals surface area (Å²) in [5.41, 5.74) is 2.87. The predicted octanol–water partition coefficient (Wildman–Crippen LogP) is 3.29. The zero-order valence-corrected chi connectivity index (χ0v) is 10.8. The molecule has 3 rings (SSSR count). The summed E-state index contributed by atoms with van der Waals surface area (Å²) in [6.07, 6.45) is 3.67. The van der Waals surface area contributed by atoms with Crippen LogP contribution >= 0.6 is 0 Å². The molecule has 0 amide bonds. The van der Waals surface area contributed by atoms with Crippen molar-refractivity contribution in [1.29, 1.82) is 0 Å². The fourth-order valence-electron chi connectivity index (χ4n) is 2.98. The molecule has 3 nitrogen and oxygen atoms in total. The van der Waals surface area contributed by atoms with Gasteiger partial charge in [0.2, 0.25) is 0 Å². The lowest BCUT2D eigenvalue weighted by Gasteiger charge is -2.11. The molecule has 0 spiro atoms. The van der Waals surface area contributed by atoms with E-state index >= 15 is 0 Å². The average Bonchev–Trinajstić information content (AvgIpc) is 2.63. The number of halogens is 1. The molecule has 1 aromatic heterocycles. The third kappa shape index (κ3) is 2.01. The van der Waals surface area contributed by atoms with Crippen molar-refractivity contribution in [3.05, 3.63) is 35.3 Å². The van der Waals surface area contributed by atoms with Crippen molar-refractivity contribution in [2.45, 2.75) is 31.6 Å². The van der Waals surface area contributed by atoms with Crippen LogP contribution in [0, 0.1) is 5.82 Å². The minimum Gasteiger partial charge on any atom is -0.469 e. The number of hydrogen-bond donors (Lipinski definition) is 1. The zero-order chi connectivity index (χ0) is 13.4. The third-order valence-corrected chi connectivity index (χ3v) is 3.90. The summed E-state index contributed by atoms with van der Waals surface area (Å²) in [6.45, 7) is 0. The molecular weight excluding hydrogens is 245 g/mol. The van der Waals surface area contributed by atoms with Crippen LogP contribution in [0.5, 0.6) is 0 Å². The van der Waals surface area contributed by atoms with Crippen LogP contribution in [0.3, 0.4) is 0 Å². The molecule has 100 valence electrons. The van der Waals surface area contributed by atoms with E-state index in [0.29, 0.717) is 0 Å². The van der Waals surface area contributed by atoms with Crippen molar-refractivity contribution < 1.29 is 13.9 Å². The van der Waals surface area contributed by atoms with Crippen molar-refractivity contribution in [3.8, 4) is 0 Å². The summed E-state index contributed by atoms with van der Waals surface area (Å²) in [5, 5.41) is 0.894. The van der Waals surface area contributed by atoms with E-state index in [2.05, 4.69) is 4.98 Å². The van der Waals surface area contributed by atoms with Crippen LogP contribution in [0.25, 0.3) is 10.9 Å². The van der Waals surface area contributed by atoms with Gasteiger partial charge in [0.25, 0.3) is 0 Å². The molecule has 1 atom stereocenters. The Morgan fingerprint density at radius 2 is 2.26 bits per heavy atom. The third-order valence-electron chi connectivity index (χ3n) is 3.90. The smallest absolute Gasteiger partial charge is 0.314 e. The summed E-state index contributed by atoms with van der Waals surface area (Å²) in [6, 6.07) is 4.71. The van der Waals surface area contributed by atoms with Gasteiger partial charge in [-0.2, -0.15) is 0 Å². The van der Waals surface area contributed by atoms with E-state index in [4.69, 9.17) is 4.74 Å². The number of rotatable bonds is 1. The molecule has 0 saturated heterocycles. The van der Waals surface area contributed by atoms with E-state index in [1.807, 2.05) is 0 Å². The van der Waals surface area contributed by atoms with Crippen molar-refractivity contribution in [1.82, 2.24) is 4.98 Å². The molecule has 0 bridgehead atoms. The van der Waals surface area contributed by atoms with Gasteiger partial charge >= 0.3 is 5.97 Å². The number of benzene rings is 1. The summed E-state index contributed by atoms with van der Waals surface area (Å²) < 4.78 is 18.3. The maximum absolute atomic E-state index is 13.4. The van der Waals surface area contributed by atoms with Crippen LogP contribution < -0.4 is 0 Å². The highest BCUT2D eigenvalue weighted by atomic mass is 19.1. The van der Waals surface area contributed by atoms with E-state index in [0.717, 1.165) is 47.8 Å². The van der Waals surface area contributed by atoms with E-state index in [9.17, 15) is 9.18 Å². The normalized spacial score (nSPS) is 18.9. The lowest BCUT2D eigenvalue weighted by Crippen LogP contribution is -2.14. The van der Waals surface area contributed by atoms with E-state index in [1.165, 1.54) is 13.2 Å². The summed E-state index contributed by atoms with van der Waals surface area (Å²) in [5.74, 6) is -0.707. The molecule has 0 fully saturated rings. The van der Waals surface area contributed by atoms with Crippen LogP contribution in [0.4, 0.5) is 4.39 Å². The van der Waals surface area contributed by atoms with Gasteiger partial charge in [-0.05, 0) is 43.0 Å². The first-order chi connectivity index (χ1) is 9.20. The van der Waals surface area contributed by atoms with E-state index < -0.39 is 0 Å². The van der Waals surface area contributed by atoms with Gasteiger partial charge in [0.1, 0.15) is 5.82 Å². The number of carbonyl (C=O) groups is 1. The molecule has 0 saturated carbocycles. The summed E-state index contributed by atoms with van der Waals surface area (Å²) in [4.78, 5) is 15.2. The van der Waals surface area contributed by atoms with Gasteiger partial charge in [-0.15, -0.1) is 0 Å². The molecule has 0 aliphatic heterocycles. The first-order valence-electron chi connectivity index (χ1n) is 6.58. The molecular formula is C15H16FNO2. The minimum atomic E-state index is -0.252. The number of nitrogens with one attached hydrogen (secondary N) is 1. The molecule has 0 radical (unpaired) electrons. The standard InChI is InChI=1S/C15H16FNO2/c1-19-15(18)11-5-3-2-4-10-12-8-9(16)6-7-13(12)17-14(10)11/h6-8,11,17H,2-5H2,1H3. The van der Waals surface area contributed by atoms with Gasteiger partial charge in [-0.25, -0.2) is 4.39 Å². The number of fused-ring (bicyclic) bond motifs is 3. The highest BCUT2D eigenvalue weighted by Crippen LogP contribution is 2.35. The average molecular weight is 261 g/mol. The second-order valence-electron chi connectivity index (χ2n) is 5.03. The number of methoxy groups -OCH3 is 1.